The van der Waals surface area contributed by atoms with Crippen molar-refractivity contribution in [2.45, 2.75) is 25.8 Å². The molecule has 3 rings (SSSR count). The van der Waals surface area contributed by atoms with Crippen molar-refractivity contribution in [2.75, 3.05) is 27.3 Å². The summed E-state index contributed by atoms with van der Waals surface area (Å²) in [4.78, 5) is 18.4. The van der Waals surface area contributed by atoms with Crippen molar-refractivity contribution in [1.29, 1.82) is 0 Å². The molecule has 144 valence electrons. The van der Waals surface area contributed by atoms with Crippen LogP contribution in [0.25, 0.3) is 0 Å². The van der Waals surface area contributed by atoms with Crippen LogP contribution in [0.15, 0.2) is 36.5 Å². The van der Waals surface area contributed by atoms with Gasteiger partial charge in [-0.25, -0.2) is 0 Å². The van der Waals surface area contributed by atoms with Gasteiger partial charge in [-0.15, -0.1) is 0 Å². The molecule has 1 saturated heterocycles. The van der Waals surface area contributed by atoms with Crippen LogP contribution in [-0.4, -0.2) is 48.3 Å². The van der Waals surface area contributed by atoms with Crippen molar-refractivity contribution in [3.05, 3.63) is 53.3 Å². The standard InChI is InChI=1S/C21H26N2O4/c1-14-6-8-18(22-12-14)20(23-10-4-5-15(13-23)21(24)25)17-11-16(26-2)7-9-19(17)27-3/h6-9,11-12,15,20H,4-5,10,13H2,1-3H3,(H,24,25). The van der Waals surface area contributed by atoms with Crippen LogP contribution >= 0.6 is 0 Å². The smallest absolute Gasteiger partial charge is 0.307 e. The van der Waals surface area contributed by atoms with E-state index in [2.05, 4.69) is 9.88 Å². The highest BCUT2D eigenvalue weighted by atomic mass is 16.5. The normalized spacial score (nSPS) is 18.7. The van der Waals surface area contributed by atoms with Crippen LogP contribution in [0.1, 0.15) is 35.7 Å². The summed E-state index contributed by atoms with van der Waals surface area (Å²) in [5.74, 6) is 0.353. The van der Waals surface area contributed by atoms with E-state index in [0.717, 1.165) is 41.3 Å². The summed E-state index contributed by atoms with van der Waals surface area (Å²) in [6.45, 7) is 3.29. The molecule has 1 aliphatic rings. The Kier molecular flexibility index (Phi) is 5.96. The van der Waals surface area contributed by atoms with E-state index < -0.39 is 5.97 Å². The third-order valence-corrected chi connectivity index (χ3v) is 5.11. The van der Waals surface area contributed by atoms with Gasteiger partial charge in [0.1, 0.15) is 11.5 Å². The van der Waals surface area contributed by atoms with Crippen molar-refractivity contribution in [3.8, 4) is 11.5 Å². The van der Waals surface area contributed by atoms with Gasteiger partial charge in [0.05, 0.1) is 31.9 Å². The molecular weight excluding hydrogens is 344 g/mol. The van der Waals surface area contributed by atoms with Crippen molar-refractivity contribution < 1.29 is 19.4 Å². The minimum Gasteiger partial charge on any atom is -0.497 e. The Balaban J connectivity index is 2.08. The van der Waals surface area contributed by atoms with Gasteiger partial charge >= 0.3 is 5.97 Å². The molecule has 1 N–H and O–H groups in total. The third-order valence-electron chi connectivity index (χ3n) is 5.11. The zero-order valence-electron chi connectivity index (χ0n) is 16.0. The lowest BCUT2D eigenvalue weighted by Gasteiger charge is -2.37. The van der Waals surface area contributed by atoms with Gasteiger partial charge in [-0.3, -0.25) is 14.7 Å². The summed E-state index contributed by atoms with van der Waals surface area (Å²) >= 11 is 0. The first kappa shape index (κ1) is 19.2. The number of ether oxygens (including phenoxy) is 2. The van der Waals surface area contributed by atoms with Crippen molar-refractivity contribution in [3.63, 3.8) is 0 Å². The number of carbonyl (C=O) groups is 1. The summed E-state index contributed by atoms with van der Waals surface area (Å²) in [5.41, 5.74) is 2.88. The molecule has 0 radical (unpaired) electrons. The van der Waals surface area contributed by atoms with Crippen LogP contribution in [0.3, 0.4) is 0 Å². The largest absolute Gasteiger partial charge is 0.497 e. The molecule has 6 nitrogen and oxygen atoms in total. The van der Waals surface area contributed by atoms with Crippen LogP contribution in [0.4, 0.5) is 0 Å². The highest BCUT2D eigenvalue weighted by Gasteiger charge is 2.33. The van der Waals surface area contributed by atoms with E-state index in [4.69, 9.17) is 9.47 Å². The quantitative estimate of drug-likeness (QED) is 0.841. The molecule has 2 aromatic rings. The highest BCUT2D eigenvalue weighted by Crippen LogP contribution is 2.38. The van der Waals surface area contributed by atoms with E-state index in [1.54, 1.807) is 14.2 Å². The summed E-state index contributed by atoms with van der Waals surface area (Å²) in [6.07, 6.45) is 3.38. The molecule has 0 amide bonds. The average Bonchev–Trinajstić information content (AvgIpc) is 2.69. The molecule has 1 aromatic heterocycles. The molecule has 1 fully saturated rings. The second kappa shape index (κ2) is 8.39. The Morgan fingerprint density at radius 3 is 2.70 bits per heavy atom. The van der Waals surface area contributed by atoms with Crippen molar-refractivity contribution >= 4 is 5.97 Å². The number of benzene rings is 1. The highest BCUT2D eigenvalue weighted by molar-refractivity contribution is 5.70. The topological polar surface area (TPSA) is 71.9 Å². The molecule has 2 heterocycles. The number of aryl methyl sites for hydroxylation is 1. The lowest BCUT2D eigenvalue weighted by Crippen LogP contribution is -2.41. The van der Waals surface area contributed by atoms with Gasteiger partial charge in [-0.2, -0.15) is 0 Å². The maximum atomic E-state index is 11.6. The predicted octanol–water partition coefficient (Wildman–Crippen LogP) is 3.29. The van der Waals surface area contributed by atoms with E-state index in [-0.39, 0.29) is 12.0 Å². The first-order chi connectivity index (χ1) is 13.0. The zero-order valence-corrected chi connectivity index (χ0v) is 16.0. The molecule has 2 unspecified atom stereocenters. The minimum absolute atomic E-state index is 0.196. The van der Waals surface area contributed by atoms with Crippen LogP contribution in [0.5, 0.6) is 11.5 Å². The molecular formula is C21H26N2O4. The fourth-order valence-corrected chi connectivity index (χ4v) is 3.68. The number of rotatable bonds is 6. The lowest BCUT2D eigenvalue weighted by molar-refractivity contribution is -0.143. The van der Waals surface area contributed by atoms with Gasteiger partial charge < -0.3 is 14.6 Å². The Morgan fingerprint density at radius 1 is 1.26 bits per heavy atom. The number of methoxy groups -OCH3 is 2. The maximum absolute atomic E-state index is 11.6. The Bertz CT molecular complexity index is 791. The number of hydrogen-bond acceptors (Lipinski definition) is 5. The van der Waals surface area contributed by atoms with Gasteiger partial charge in [-0.05, 0) is 56.1 Å². The van der Waals surface area contributed by atoms with Gasteiger partial charge in [0.2, 0.25) is 0 Å². The molecule has 0 bridgehead atoms. The van der Waals surface area contributed by atoms with Gasteiger partial charge in [0, 0.05) is 18.3 Å². The summed E-state index contributed by atoms with van der Waals surface area (Å²) in [7, 11) is 3.27. The number of aliphatic carboxylic acids is 1. The molecule has 0 spiro atoms. The number of piperidine rings is 1. The van der Waals surface area contributed by atoms with Crippen LogP contribution < -0.4 is 9.47 Å². The molecule has 1 aromatic carbocycles. The Hall–Kier alpha value is -2.60. The van der Waals surface area contributed by atoms with Crippen molar-refractivity contribution in [1.82, 2.24) is 9.88 Å². The minimum atomic E-state index is -0.743. The van der Waals surface area contributed by atoms with E-state index in [1.807, 2.05) is 43.5 Å². The first-order valence-corrected chi connectivity index (χ1v) is 9.14. The number of nitrogens with zero attached hydrogens (tertiary/aromatic N) is 2. The number of carboxylic acid groups (broad SMARTS) is 1. The summed E-state index contributed by atoms with van der Waals surface area (Å²) in [5, 5.41) is 9.51. The number of likely N-dealkylation sites (tertiary alicyclic amines) is 1. The van der Waals surface area contributed by atoms with Gasteiger partial charge in [0.15, 0.2) is 0 Å². The molecule has 1 aliphatic heterocycles. The molecule has 0 aliphatic carbocycles. The van der Waals surface area contributed by atoms with E-state index >= 15 is 0 Å². The van der Waals surface area contributed by atoms with Gasteiger partial charge in [0.25, 0.3) is 0 Å². The monoisotopic (exact) mass is 370 g/mol. The second-order valence-corrected chi connectivity index (χ2v) is 6.94. The number of aromatic nitrogens is 1. The van der Waals surface area contributed by atoms with Crippen molar-refractivity contribution in [2.24, 2.45) is 5.92 Å². The maximum Gasteiger partial charge on any atom is 0.307 e. The predicted molar refractivity (Wildman–Crippen MR) is 102 cm³/mol. The second-order valence-electron chi connectivity index (χ2n) is 6.94. The average molecular weight is 370 g/mol. The van der Waals surface area contributed by atoms with Crippen LogP contribution in [0.2, 0.25) is 0 Å². The van der Waals surface area contributed by atoms with Gasteiger partial charge in [-0.1, -0.05) is 6.07 Å². The lowest BCUT2D eigenvalue weighted by atomic mass is 9.92. The van der Waals surface area contributed by atoms with E-state index in [9.17, 15) is 9.90 Å². The molecule has 6 heteroatoms. The number of pyridine rings is 1. The molecule has 27 heavy (non-hydrogen) atoms. The summed E-state index contributed by atoms with van der Waals surface area (Å²) < 4.78 is 11.0. The SMILES string of the molecule is COc1ccc(OC)c(C(c2ccc(C)cn2)N2CCCC(C(=O)O)C2)c1. The number of hydrogen-bond donors (Lipinski definition) is 1. The number of carboxylic acids is 1. The molecule has 2 atom stereocenters. The van der Waals surface area contributed by atoms with Crippen LogP contribution in [0, 0.1) is 12.8 Å². The first-order valence-electron chi connectivity index (χ1n) is 9.14. The zero-order chi connectivity index (χ0) is 19.4. The Morgan fingerprint density at radius 2 is 2.07 bits per heavy atom. The van der Waals surface area contributed by atoms with Crippen LogP contribution in [-0.2, 0) is 4.79 Å². The van der Waals surface area contributed by atoms with E-state index in [0.29, 0.717) is 13.0 Å². The molecule has 0 saturated carbocycles. The fraction of sp³-hybridized carbons (Fsp3) is 0.429. The van der Waals surface area contributed by atoms with E-state index in [1.165, 1.54) is 0 Å². The summed E-state index contributed by atoms with van der Waals surface area (Å²) in [6, 6.07) is 9.53. The fourth-order valence-electron chi connectivity index (χ4n) is 3.68. The third kappa shape index (κ3) is 4.22. The Labute approximate surface area is 159 Å².